The molecule has 0 unspecified atom stereocenters. The molecule has 0 amide bonds. The van der Waals surface area contributed by atoms with Crippen molar-refractivity contribution in [2.75, 3.05) is 6.61 Å². The highest BCUT2D eigenvalue weighted by molar-refractivity contribution is 5.61. The van der Waals surface area contributed by atoms with E-state index in [1.807, 2.05) is 42.5 Å². The van der Waals surface area contributed by atoms with Gasteiger partial charge in [-0.2, -0.15) is 15.1 Å². The standard InChI is InChI=1S/C24H22N6O/c1-18-5-4-6-19(15-18)17-27-30-23-16-22(20-8-12-25-13-9-20)28-24(29-23)31-14-10-21-7-2-3-11-26-21/h2-9,11-13,15-16H,10,14,17H2,1H3. The molecular weight excluding hydrogens is 388 g/mol. The minimum atomic E-state index is 0.259. The molecule has 7 nitrogen and oxygen atoms in total. The Morgan fingerprint density at radius 2 is 1.81 bits per heavy atom. The Bertz CT molecular complexity index is 1150. The number of aryl methyl sites for hydroxylation is 1. The molecule has 0 saturated carbocycles. The summed E-state index contributed by atoms with van der Waals surface area (Å²) in [5.41, 5.74) is 4.85. The number of benzene rings is 1. The van der Waals surface area contributed by atoms with Crippen LogP contribution in [0.4, 0.5) is 5.82 Å². The molecule has 0 aliphatic heterocycles. The van der Waals surface area contributed by atoms with Crippen molar-refractivity contribution in [1.82, 2.24) is 19.9 Å². The molecule has 3 heterocycles. The second-order valence-corrected chi connectivity index (χ2v) is 6.94. The maximum absolute atomic E-state index is 5.81. The molecule has 154 valence electrons. The van der Waals surface area contributed by atoms with E-state index in [-0.39, 0.29) is 6.01 Å². The van der Waals surface area contributed by atoms with Crippen LogP contribution in [0.25, 0.3) is 11.3 Å². The number of ether oxygens (including phenoxy) is 1. The number of pyridine rings is 2. The van der Waals surface area contributed by atoms with Crippen molar-refractivity contribution in [3.05, 3.63) is 96.1 Å². The monoisotopic (exact) mass is 410 g/mol. The Labute approximate surface area is 181 Å². The van der Waals surface area contributed by atoms with E-state index in [1.165, 1.54) is 5.56 Å². The predicted molar refractivity (Wildman–Crippen MR) is 118 cm³/mol. The largest absolute Gasteiger partial charge is 0.463 e. The maximum Gasteiger partial charge on any atom is 0.319 e. The molecule has 0 N–H and O–H groups in total. The van der Waals surface area contributed by atoms with Gasteiger partial charge in [0, 0.05) is 42.3 Å². The number of hydrogen-bond donors (Lipinski definition) is 0. The van der Waals surface area contributed by atoms with Crippen molar-refractivity contribution in [3.63, 3.8) is 0 Å². The fourth-order valence-corrected chi connectivity index (χ4v) is 2.99. The van der Waals surface area contributed by atoms with Gasteiger partial charge in [-0.25, -0.2) is 0 Å². The average molecular weight is 410 g/mol. The van der Waals surface area contributed by atoms with Gasteiger partial charge in [-0.05, 0) is 36.8 Å². The SMILES string of the molecule is Cc1cccc(CN=Nc2cc(-c3ccncc3)nc(OCCc3ccccn3)n2)c1. The molecule has 4 aromatic rings. The van der Waals surface area contributed by atoms with Crippen molar-refractivity contribution >= 4 is 5.82 Å². The van der Waals surface area contributed by atoms with E-state index in [1.54, 1.807) is 24.7 Å². The molecule has 0 spiro atoms. The van der Waals surface area contributed by atoms with E-state index in [0.717, 1.165) is 16.8 Å². The molecular formula is C24H22N6O. The second-order valence-electron chi connectivity index (χ2n) is 6.94. The van der Waals surface area contributed by atoms with E-state index in [9.17, 15) is 0 Å². The summed E-state index contributed by atoms with van der Waals surface area (Å²) >= 11 is 0. The van der Waals surface area contributed by atoms with Crippen molar-refractivity contribution in [1.29, 1.82) is 0 Å². The quantitative estimate of drug-likeness (QED) is 0.375. The lowest BCUT2D eigenvalue weighted by atomic mass is 10.1. The number of rotatable bonds is 8. The summed E-state index contributed by atoms with van der Waals surface area (Å²) in [7, 11) is 0. The van der Waals surface area contributed by atoms with Crippen LogP contribution in [0.3, 0.4) is 0 Å². The smallest absolute Gasteiger partial charge is 0.319 e. The third-order valence-electron chi connectivity index (χ3n) is 4.49. The van der Waals surface area contributed by atoms with E-state index >= 15 is 0 Å². The third kappa shape index (κ3) is 5.99. The highest BCUT2D eigenvalue weighted by Gasteiger charge is 2.08. The fraction of sp³-hybridized carbons (Fsp3) is 0.167. The normalized spacial score (nSPS) is 11.0. The predicted octanol–water partition coefficient (Wildman–Crippen LogP) is 5.15. The topological polar surface area (TPSA) is 85.5 Å². The fourth-order valence-electron chi connectivity index (χ4n) is 2.99. The van der Waals surface area contributed by atoms with E-state index in [2.05, 4.69) is 49.2 Å². The van der Waals surface area contributed by atoms with Gasteiger partial charge in [-0.15, -0.1) is 5.11 Å². The molecule has 0 aliphatic rings. The Balaban J connectivity index is 1.52. The molecule has 1 aromatic carbocycles. The minimum Gasteiger partial charge on any atom is -0.463 e. The second kappa shape index (κ2) is 10.2. The molecule has 31 heavy (non-hydrogen) atoms. The highest BCUT2D eigenvalue weighted by Crippen LogP contribution is 2.24. The van der Waals surface area contributed by atoms with Gasteiger partial charge in [0.2, 0.25) is 0 Å². The third-order valence-corrected chi connectivity index (χ3v) is 4.49. The summed E-state index contributed by atoms with van der Waals surface area (Å²) < 4.78 is 5.81. The molecule has 4 rings (SSSR count). The van der Waals surface area contributed by atoms with Crippen LogP contribution < -0.4 is 4.74 Å². The van der Waals surface area contributed by atoms with Gasteiger partial charge in [0.05, 0.1) is 18.8 Å². The zero-order valence-electron chi connectivity index (χ0n) is 17.2. The van der Waals surface area contributed by atoms with Crippen LogP contribution in [-0.4, -0.2) is 26.5 Å². The summed E-state index contributed by atoms with van der Waals surface area (Å²) in [5, 5.41) is 8.62. The molecule has 0 bridgehead atoms. The van der Waals surface area contributed by atoms with Gasteiger partial charge in [0.15, 0.2) is 5.82 Å². The van der Waals surface area contributed by atoms with Gasteiger partial charge >= 0.3 is 6.01 Å². The Kier molecular flexibility index (Phi) is 6.64. The van der Waals surface area contributed by atoms with Crippen LogP contribution in [0.2, 0.25) is 0 Å². The lowest BCUT2D eigenvalue weighted by Crippen LogP contribution is -2.05. The first-order valence-corrected chi connectivity index (χ1v) is 10.0. The molecule has 0 saturated heterocycles. The summed E-state index contributed by atoms with van der Waals surface area (Å²) in [6.45, 7) is 2.95. The molecule has 0 fully saturated rings. The van der Waals surface area contributed by atoms with Crippen molar-refractivity contribution in [2.24, 2.45) is 10.2 Å². The number of azo groups is 1. The Morgan fingerprint density at radius 3 is 2.61 bits per heavy atom. The molecule has 0 aliphatic carbocycles. The van der Waals surface area contributed by atoms with Crippen LogP contribution in [0, 0.1) is 6.92 Å². The average Bonchev–Trinajstić information content (AvgIpc) is 2.80. The lowest BCUT2D eigenvalue weighted by molar-refractivity contribution is 0.295. The molecule has 0 radical (unpaired) electrons. The minimum absolute atomic E-state index is 0.259. The lowest BCUT2D eigenvalue weighted by Gasteiger charge is -2.07. The number of aromatic nitrogens is 4. The Morgan fingerprint density at radius 1 is 0.903 bits per heavy atom. The van der Waals surface area contributed by atoms with Gasteiger partial charge in [0.25, 0.3) is 0 Å². The molecule has 7 heteroatoms. The van der Waals surface area contributed by atoms with Crippen molar-refractivity contribution < 1.29 is 4.74 Å². The van der Waals surface area contributed by atoms with Gasteiger partial charge in [0.1, 0.15) is 0 Å². The Hall–Kier alpha value is -4.00. The van der Waals surface area contributed by atoms with Crippen molar-refractivity contribution in [3.8, 4) is 17.3 Å². The molecule has 3 aromatic heterocycles. The highest BCUT2D eigenvalue weighted by atomic mass is 16.5. The summed E-state index contributed by atoms with van der Waals surface area (Å²) in [4.78, 5) is 17.3. The van der Waals surface area contributed by atoms with E-state index in [0.29, 0.717) is 31.1 Å². The summed E-state index contributed by atoms with van der Waals surface area (Å²) in [6, 6.07) is 19.8. The van der Waals surface area contributed by atoms with Gasteiger partial charge in [-0.3, -0.25) is 9.97 Å². The zero-order chi connectivity index (χ0) is 21.3. The van der Waals surface area contributed by atoms with Gasteiger partial charge in [-0.1, -0.05) is 35.9 Å². The van der Waals surface area contributed by atoms with E-state index < -0.39 is 0 Å². The first-order valence-electron chi connectivity index (χ1n) is 10.0. The summed E-state index contributed by atoms with van der Waals surface area (Å²) in [6.07, 6.45) is 5.87. The van der Waals surface area contributed by atoms with Crippen LogP contribution in [-0.2, 0) is 13.0 Å². The number of hydrogen-bond acceptors (Lipinski definition) is 7. The first kappa shape index (κ1) is 20.3. The maximum atomic E-state index is 5.81. The van der Waals surface area contributed by atoms with E-state index in [4.69, 9.17) is 4.74 Å². The van der Waals surface area contributed by atoms with Gasteiger partial charge < -0.3 is 4.74 Å². The van der Waals surface area contributed by atoms with Crippen LogP contribution in [0.1, 0.15) is 16.8 Å². The number of nitrogens with zero attached hydrogens (tertiary/aromatic N) is 6. The van der Waals surface area contributed by atoms with Crippen LogP contribution in [0.15, 0.2) is 89.5 Å². The van der Waals surface area contributed by atoms with Crippen LogP contribution in [0.5, 0.6) is 6.01 Å². The zero-order valence-corrected chi connectivity index (χ0v) is 17.2. The van der Waals surface area contributed by atoms with Crippen molar-refractivity contribution in [2.45, 2.75) is 19.9 Å². The molecule has 0 atom stereocenters. The summed E-state index contributed by atoms with van der Waals surface area (Å²) in [5.74, 6) is 0.447. The first-order chi connectivity index (χ1) is 15.3. The van der Waals surface area contributed by atoms with Crippen LogP contribution >= 0.6 is 0 Å².